The number of fused-ring (bicyclic) bond motifs is 1. The Hall–Kier alpha value is -2.32. The fraction of sp³-hybridized carbons (Fsp3) is 0.250. The first-order valence-corrected chi connectivity index (χ1v) is 7.62. The topological polar surface area (TPSA) is 48.0 Å². The molecule has 106 valence electrons. The molecule has 0 aliphatic carbocycles. The van der Waals surface area contributed by atoms with Gasteiger partial charge in [0.15, 0.2) is 0 Å². The molecule has 0 spiro atoms. The normalized spacial score (nSPS) is 10.9. The van der Waals surface area contributed by atoms with Crippen molar-refractivity contribution in [1.82, 2.24) is 9.55 Å². The first-order valence-electron chi connectivity index (χ1n) is 6.74. The van der Waals surface area contributed by atoms with E-state index in [-0.39, 0.29) is 12.1 Å². The Morgan fingerprint density at radius 3 is 3.05 bits per heavy atom. The number of furan rings is 1. The van der Waals surface area contributed by atoms with E-state index in [4.69, 9.17) is 10.8 Å². The molecule has 0 N–H and O–H groups in total. The maximum Gasteiger partial charge on any atom is 0.263 e. The Morgan fingerprint density at radius 1 is 1.52 bits per heavy atom. The third kappa shape index (κ3) is 2.28. The van der Waals surface area contributed by atoms with E-state index in [1.165, 1.54) is 11.3 Å². The molecule has 0 amide bonds. The van der Waals surface area contributed by atoms with Crippen LogP contribution in [0.2, 0.25) is 0 Å². The number of hydrogen-bond acceptors (Lipinski definition) is 4. The van der Waals surface area contributed by atoms with Crippen LogP contribution in [0.1, 0.15) is 19.2 Å². The summed E-state index contributed by atoms with van der Waals surface area (Å²) < 4.78 is 7.00. The highest BCUT2D eigenvalue weighted by molar-refractivity contribution is 7.17. The Morgan fingerprint density at radius 2 is 2.38 bits per heavy atom. The molecule has 0 radical (unpaired) electrons. The molecule has 5 heteroatoms. The van der Waals surface area contributed by atoms with Crippen molar-refractivity contribution in [1.29, 1.82) is 0 Å². The molecule has 3 heterocycles. The molecule has 0 atom stereocenters. The molecule has 0 aliphatic rings. The maximum atomic E-state index is 12.8. The Kier molecular flexibility index (Phi) is 3.63. The third-order valence-electron chi connectivity index (χ3n) is 3.28. The van der Waals surface area contributed by atoms with Crippen molar-refractivity contribution in [3.63, 3.8) is 0 Å². The molecule has 4 nitrogen and oxygen atoms in total. The lowest BCUT2D eigenvalue weighted by atomic mass is 10.2. The molecule has 0 bridgehead atoms. The molecule has 3 aromatic rings. The zero-order valence-corrected chi connectivity index (χ0v) is 12.4. The molecule has 0 fully saturated rings. The summed E-state index contributed by atoms with van der Waals surface area (Å²) in [6.07, 6.45) is 8.64. The minimum absolute atomic E-state index is 0.0888. The summed E-state index contributed by atoms with van der Waals surface area (Å²) in [5.41, 5.74) is 0.695. The third-order valence-corrected chi connectivity index (χ3v) is 4.15. The highest BCUT2D eigenvalue weighted by Gasteiger charge is 2.17. The predicted molar refractivity (Wildman–Crippen MR) is 84.4 cm³/mol. The zero-order chi connectivity index (χ0) is 14.8. The molecule has 0 saturated carbocycles. The highest BCUT2D eigenvalue weighted by atomic mass is 32.1. The molecule has 0 unspecified atom stereocenters. The standard InChI is InChI=1S/C16H14N2O2S/c1-3-6-13-17-15-14(16(19)18(13)8-4-2)11(10-21-15)12-7-5-9-20-12/h2,5,7,9-10H,3,6,8H2,1H3. The number of aryl methyl sites for hydroxylation is 1. The number of rotatable bonds is 4. The van der Waals surface area contributed by atoms with Crippen LogP contribution in [0.4, 0.5) is 0 Å². The van der Waals surface area contributed by atoms with E-state index in [1.807, 2.05) is 11.4 Å². The van der Waals surface area contributed by atoms with Gasteiger partial charge in [-0.2, -0.15) is 0 Å². The van der Waals surface area contributed by atoms with Crippen LogP contribution in [-0.2, 0) is 13.0 Å². The molecule has 0 aliphatic heterocycles. The highest BCUT2D eigenvalue weighted by Crippen LogP contribution is 2.31. The lowest BCUT2D eigenvalue weighted by Crippen LogP contribution is -2.24. The van der Waals surface area contributed by atoms with E-state index in [1.54, 1.807) is 16.9 Å². The number of nitrogens with zero attached hydrogens (tertiary/aromatic N) is 2. The second-order valence-corrected chi connectivity index (χ2v) is 5.54. The van der Waals surface area contributed by atoms with E-state index in [9.17, 15) is 4.79 Å². The van der Waals surface area contributed by atoms with Gasteiger partial charge in [0, 0.05) is 17.4 Å². The number of terminal acetylenes is 1. The van der Waals surface area contributed by atoms with E-state index >= 15 is 0 Å². The van der Waals surface area contributed by atoms with Gasteiger partial charge < -0.3 is 4.42 Å². The van der Waals surface area contributed by atoms with Crippen molar-refractivity contribution in [3.8, 4) is 23.7 Å². The summed E-state index contributed by atoms with van der Waals surface area (Å²) in [6, 6.07) is 3.64. The molecule has 0 aromatic carbocycles. The van der Waals surface area contributed by atoms with Crippen LogP contribution in [0, 0.1) is 12.3 Å². The lowest BCUT2D eigenvalue weighted by Gasteiger charge is -2.09. The Balaban J connectivity index is 2.31. The van der Waals surface area contributed by atoms with Gasteiger partial charge in [-0.25, -0.2) is 4.98 Å². The first kappa shape index (κ1) is 13.7. The van der Waals surface area contributed by atoms with Crippen molar-refractivity contribution < 1.29 is 4.42 Å². The van der Waals surface area contributed by atoms with Gasteiger partial charge >= 0.3 is 0 Å². The van der Waals surface area contributed by atoms with Crippen LogP contribution in [0.3, 0.4) is 0 Å². The lowest BCUT2D eigenvalue weighted by molar-refractivity contribution is 0.583. The van der Waals surface area contributed by atoms with Gasteiger partial charge in [0.05, 0.1) is 18.2 Å². The van der Waals surface area contributed by atoms with Gasteiger partial charge in [-0.3, -0.25) is 9.36 Å². The largest absolute Gasteiger partial charge is 0.464 e. The molecule has 3 rings (SSSR count). The van der Waals surface area contributed by atoms with Crippen LogP contribution >= 0.6 is 11.3 Å². The monoisotopic (exact) mass is 298 g/mol. The number of aromatic nitrogens is 2. The van der Waals surface area contributed by atoms with Crippen molar-refractivity contribution in [2.75, 3.05) is 0 Å². The van der Waals surface area contributed by atoms with Crippen molar-refractivity contribution in [2.24, 2.45) is 0 Å². The Bertz CT molecular complexity index is 866. The van der Waals surface area contributed by atoms with Crippen molar-refractivity contribution >= 4 is 21.6 Å². The van der Waals surface area contributed by atoms with Crippen molar-refractivity contribution in [3.05, 3.63) is 40.0 Å². The van der Waals surface area contributed by atoms with Gasteiger partial charge in [-0.05, 0) is 18.6 Å². The predicted octanol–water partition coefficient (Wildman–Crippen LogP) is 3.30. The van der Waals surface area contributed by atoms with Gasteiger partial charge in [0.1, 0.15) is 16.4 Å². The molecule has 3 aromatic heterocycles. The molecule has 0 saturated heterocycles. The second kappa shape index (κ2) is 5.58. The fourth-order valence-corrected chi connectivity index (χ4v) is 3.29. The van der Waals surface area contributed by atoms with E-state index in [0.29, 0.717) is 11.1 Å². The van der Waals surface area contributed by atoms with Crippen LogP contribution in [-0.4, -0.2) is 9.55 Å². The fourth-order valence-electron chi connectivity index (χ4n) is 2.35. The minimum Gasteiger partial charge on any atom is -0.464 e. The Labute approximate surface area is 126 Å². The van der Waals surface area contributed by atoms with Gasteiger partial charge in [0.25, 0.3) is 5.56 Å². The van der Waals surface area contributed by atoms with Crippen LogP contribution < -0.4 is 5.56 Å². The summed E-state index contributed by atoms with van der Waals surface area (Å²) in [6.45, 7) is 2.30. The van der Waals surface area contributed by atoms with Gasteiger partial charge in [-0.1, -0.05) is 12.8 Å². The first-order chi connectivity index (χ1) is 10.3. The SMILES string of the molecule is C#CCn1c(CCC)nc2scc(-c3ccco3)c2c1=O. The summed E-state index contributed by atoms with van der Waals surface area (Å²) in [5, 5.41) is 2.50. The summed E-state index contributed by atoms with van der Waals surface area (Å²) in [7, 11) is 0. The van der Waals surface area contributed by atoms with Crippen molar-refractivity contribution in [2.45, 2.75) is 26.3 Å². The molecular weight excluding hydrogens is 284 g/mol. The van der Waals surface area contributed by atoms with Crippen LogP contribution in [0.15, 0.2) is 33.0 Å². The summed E-state index contributed by atoms with van der Waals surface area (Å²) in [4.78, 5) is 18.1. The van der Waals surface area contributed by atoms with Gasteiger partial charge in [0.2, 0.25) is 0 Å². The maximum absolute atomic E-state index is 12.8. The summed E-state index contributed by atoms with van der Waals surface area (Å²) >= 11 is 1.46. The van der Waals surface area contributed by atoms with E-state index in [0.717, 1.165) is 29.1 Å². The summed E-state index contributed by atoms with van der Waals surface area (Å²) in [5.74, 6) is 3.96. The average Bonchev–Trinajstić information content (AvgIpc) is 3.11. The smallest absolute Gasteiger partial charge is 0.263 e. The minimum atomic E-state index is -0.0888. The quantitative estimate of drug-likeness (QED) is 0.694. The second-order valence-electron chi connectivity index (χ2n) is 4.68. The van der Waals surface area contributed by atoms with Crippen LogP contribution in [0.5, 0.6) is 0 Å². The van der Waals surface area contributed by atoms with E-state index in [2.05, 4.69) is 17.8 Å². The zero-order valence-electron chi connectivity index (χ0n) is 11.6. The van der Waals surface area contributed by atoms with Gasteiger partial charge in [-0.15, -0.1) is 17.8 Å². The number of thiophene rings is 1. The van der Waals surface area contributed by atoms with E-state index < -0.39 is 0 Å². The average molecular weight is 298 g/mol. The number of hydrogen-bond donors (Lipinski definition) is 0. The van der Waals surface area contributed by atoms with Crippen LogP contribution in [0.25, 0.3) is 21.5 Å². The molecule has 21 heavy (non-hydrogen) atoms. The molecular formula is C16H14N2O2S.